The molecule has 1 atom stereocenters. The van der Waals surface area contributed by atoms with Crippen molar-refractivity contribution in [2.75, 3.05) is 0 Å². The highest BCUT2D eigenvalue weighted by atomic mass is 16.3. The molecule has 6 aromatic carbocycles. The standard InChI is InChI=1S/C40H26N4O/c1-2-9-27(10-3-1)38-42-39(28-18-15-26(16-19-28)30-20-17-25-8-4-5-11-29(25)22-30)44-40(43-38)32-13-6-14-35-37(32)33-23-31-12-7-21-41-34(31)24-36(33)45-35/h1-24,39H,(H,42,43,44). The number of furan rings is 1. The van der Waals surface area contributed by atoms with E-state index in [1.54, 1.807) is 0 Å². The molecular formula is C40H26N4O. The third-order valence-electron chi connectivity index (χ3n) is 8.55. The van der Waals surface area contributed by atoms with E-state index in [0.717, 1.165) is 66.8 Å². The highest BCUT2D eigenvalue weighted by molar-refractivity contribution is 6.24. The minimum absolute atomic E-state index is 0.416. The van der Waals surface area contributed by atoms with E-state index in [1.165, 1.54) is 16.3 Å². The van der Waals surface area contributed by atoms with Crippen molar-refractivity contribution in [1.29, 1.82) is 0 Å². The van der Waals surface area contributed by atoms with E-state index >= 15 is 0 Å². The van der Waals surface area contributed by atoms with E-state index in [9.17, 15) is 0 Å². The first-order chi connectivity index (χ1) is 22.3. The minimum atomic E-state index is -0.416. The number of pyridine rings is 1. The molecule has 0 amide bonds. The lowest BCUT2D eigenvalue weighted by molar-refractivity contribution is 0.669. The van der Waals surface area contributed by atoms with Crippen LogP contribution in [0.2, 0.25) is 0 Å². The van der Waals surface area contributed by atoms with Crippen molar-refractivity contribution in [1.82, 2.24) is 10.3 Å². The Kier molecular flexibility index (Phi) is 5.81. The molecule has 5 nitrogen and oxygen atoms in total. The predicted octanol–water partition coefficient (Wildman–Crippen LogP) is 9.45. The van der Waals surface area contributed by atoms with Gasteiger partial charge >= 0.3 is 0 Å². The molecule has 3 heterocycles. The number of aliphatic imine (C=N–C) groups is 2. The quantitative estimate of drug-likeness (QED) is 0.226. The molecule has 0 bridgehead atoms. The highest BCUT2D eigenvalue weighted by Crippen LogP contribution is 2.35. The zero-order chi connectivity index (χ0) is 29.7. The summed E-state index contributed by atoms with van der Waals surface area (Å²) in [4.78, 5) is 14.8. The number of nitrogens with zero attached hydrogens (tertiary/aromatic N) is 3. The predicted molar refractivity (Wildman–Crippen MR) is 184 cm³/mol. The van der Waals surface area contributed by atoms with E-state index in [-0.39, 0.29) is 0 Å². The van der Waals surface area contributed by atoms with Gasteiger partial charge in [-0.2, -0.15) is 0 Å². The lowest BCUT2D eigenvalue weighted by Gasteiger charge is -2.23. The van der Waals surface area contributed by atoms with E-state index < -0.39 is 6.17 Å². The van der Waals surface area contributed by atoms with Crippen LogP contribution in [0.1, 0.15) is 22.9 Å². The van der Waals surface area contributed by atoms with Gasteiger partial charge in [0.15, 0.2) is 6.17 Å². The van der Waals surface area contributed by atoms with Crippen LogP contribution in [0.4, 0.5) is 0 Å². The summed E-state index contributed by atoms with van der Waals surface area (Å²) in [6.07, 6.45) is 1.39. The van der Waals surface area contributed by atoms with Gasteiger partial charge in [-0.15, -0.1) is 0 Å². The fraction of sp³-hybridized carbons (Fsp3) is 0.0250. The molecule has 212 valence electrons. The first-order valence-electron chi connectivity index (χ1n) is 15.0. The maximum atomic E-state index is 6.34. The number of aromatic nitrogens is 1. The second-order valence-electron chi connectivity index (χ2n) is 11.3. The second kappa shape index (κ2) is 10.3. The number of rotatable bonds is 4. The molecule has 0 saturated carbocycles. The Balaban J connectivity index is 1.16. The van der Waals surface area contributed by atoms with Gasteiger partial charge in [0.05, 0.1) is 5.52 Å². The Bertz CT molecular complexity index is 2460. The highest BCUT2D eigenvalue weighted by Gasteiger charge is 2.23. The molecule has 1 aliphatic rings. The van der Waals surface area contributed by atoms with Gasteiger partial charge in [0.1, 0.15) is 22.8 Å². The molecule has 0 fully saturated rings. The molecule has 45 heavy (non-hydrogen) atoms. The third kappa shape index (κ3) is 4.45. The van der Waals surface area contributed by atoms with Gasteiger partial charge in [0.2, 0.25) is 0 Å². The number of hydrogen-bond donors (Lipinski definition) is 1. The Morgan fingerprint density at radius 3 is 2.20 bits per heavy atom. The molecule has 0 saturated heterocycles. The van der Waals surface area contributed by atoms with Crippen LogP contribution in [0, 0.1) is 0 Å². The van der Waals surface area contributed by atoms with Crippen molar-refractivity contribution in [2.24, 2.45) is 9.98 Å². The summed E-state index contributed by atoms with van der Waals surface area (Å²) in [5.41, 5.74) is 7.85. The van der Waals surface area contributed by atoms with E-state index in [4.69, 9.17) is 14.4 Å². The van der Waals surface area contributed by atoms with Crippen LogP contribution >= 0.6 is 0 Å². The second-order valence-corrected chi connectivity index (χ2v) is 11.3. The number of benzene rings is 6. The first-order valence-corrected chi connectivity index (χ1v) is 15.0. The number of amidine groups is 2. The number of nitrogens with one attached hydrogen (secondary N) is 1. The van der Waals surface area contributed by atoms with Crippen LogP contribution in [0.5, 0.6) is 0 Å². The van der Waals surface area contributed by atoms with Gasteiger partial charge in [-0.25, -0.2) is 9.98 Å². The minimum Gasteiger partial charge on any atom is -0.456 e. The molecule has 2 aromatic heterocycles. The lowest BCUT2D eigenvalue weighted by atomic mass is 9.99. The van der Waals surface area contributed by atoms with Crippen LogP contribution in [0.3, 0.4) is 0 Å². The summed E-state index contributed by atoms with van der Waals surface area (Å²) in [6, 6.07) is 48.2. The van der Waals surface area contributed by atoms with Gasteiger partial charge in [-0.1, -0.05) is 109 Å². The Labute approximate surface area is 259 Å². The number of fused-ring (bicyclic) bond motifs is 5. The van der Waals surface area contributed by atoms with Crippen LogP contribution in [-0.4, -0.2) is 16.7 Å². The van der Waals surface area contributed by atoms with E-state index in [0.29, 0.717) is 0 Å². The Morgan fingerprint density at radius 1 is 0.533 bits per heavy atom. The fourth-order valence-corrected chi connectivity index (χ4v) is 6.29. The summed E-state index contributed by atoms with van der Waals surface area (Å²) >= 11 is 0. The van der Waals surface area contributed by atoms with Crippen molar-refractivity contribution in [2.45, 2.75) is 6.17 Å². The largest absolute Gasteiger partial charge is 0.456 e. The summed E-state index contributed by atoms with van der Waals surface area (Å²) in [5.74, 6) is 1.54. The Hall–Kier alpha value is -6.07. The van der Waals surface area contributed by atoms with E-state index in [1.807, 2.05) is 48.7 Å². The molecule has 1 unspecified atom stereocenters. The van der Waals surface area contributed by atoms with Crippen LogP contribution in [-0.2, 0) is 0 Å². The van der Waals surface area contributed by atoms with Crippen molar-refractivity contribution in [3.63, 3.8) is 0 Å². The van der Waals surface area contributed by atoms with Gasteiger partial charge in [-0.05, 0) is 51.7 Å². The van der Waals surface area contributed by atoms with Crippen molar-refractivity contribution in [3.05, 3.63) is 162 Å². The van der Waals surface area contributed by atoms with Crippen molar-refractivity contribution in [3.8, 4) is 11.1 Å². The van der Waals surface area contributed by atoms with Gasteiger partial charge in [0.25, 0.3) is 0 Å². The van der Waals surface area contributed by atoms with Crippen LogP contribution in [0.25, 0.3) is 54.7 Å². The van der Waals surface area contributed by atoms with Crippen LogP contribution < -0.4 is 5.32 Å². The average molecular weight is 579 g/mol. The summed E-state index contributed by atoms with van der Waals surface area (Å²) < 4.78 is 6.34. The van der Waals surface area contributed by atoms with Crippen LogP contribution in [0.15, 0.2) is 160 Å². The molecule has 5 heteroatoms. The normalized spacial score (nSPS) is 14.9. The maximum absolute atomic E-state index is 6.34. The molecule has 9 rings (SSSR count). The fourth-order valence-electron chi connectivity index (χ4n) is 6.29. The smallest absolute Gasteiger partial charge is 0.169 e. The monoisotopic (exact) mass is 578 g/mol. The molecule has 1 aliphatic heterocycles. The maximum Gasteiger partial charge on any atom is 0.169 e. The summed E-state index contributed by atoms with van der Waals surface area (Å²) in [5, 5.41) is 9.16. The van der Waals surface area contributed by atoms with E-state index in [2.05, 4.69) is 107 Å². The third-order valence-corrected chi connectivity index (χ3v) is 8.55. The van der Waals surface area contributed by atoms with Gasteiger partial charge < -0.3 is 9.73 Å². The SMILES string of the molecule is c1ccc(C2=NC(c3ccc(-c4ccc5ccccc5c4)cc3)N=C(c3cccc4oc5cc6ncccc6cc5c34)N2)cc1. The topological polar surface area (TPSA) is 62.8 Å². The zero-order valence-electron chi connectivity index (χ0n) is 24.2. The van der Waals surface area contributed by atoms with Gasteiger partial charge in [-0.3, -0.25) is 4.98 Å². The number of hydrogen-bond acceptors (Lipinski definition) is 5. The summed E-state index contributed by atoms with van der Waals surface area (Å²) in [6.45, 7) is 0. The average Bonchev–Trinajstić information content (AvgIpc) is 3.48. The lowest BCUT2D eigenvalue weighted by Crippen LogP contribution is -2.36. The first kappa shape index (κ1) is 25.4. The van der Waals surface area contributed by atoms with Gasteiger partial charge in [0, 0.05) is 39.5 Å². The molecular weight excluding hydrogens is 552 g/mol. The zero-order valence-corrected chi connectivity index (χ0v) is 24.2. The van der Waals surface area contributed by atoms with Crippen molar-refractivity contribution >= 4 is 55.3 Å². The molecule has 1 N–H and O–H groups in total. The van der Waals surface area contributed by atoms with Crippen molar-refractivity contribution < 1.29 is 4.42 Å². The summed E-state index contributed by atoms with van der Waals surface area (Å²) in [7, 11) is 0. The molecule has 0 radical (unpaired) electrons. The molecule has 0 spiro atoms. The Morgan fingerprint density at radius 2 is 1.31 bits per heavy atom. The molecule has 0 aliphatic carbocycles. The molecule has 8 aromatic rings.